The Hall–Kier alpha value is -2.95. The minimum absolute atomic E-state index is 0.175. The van der Waals surface area contributed by atoms with Crippen molar-refractivity contribution >= 4 is 35.2 Å². The number of rotatable bonds is 8. The van der Waals surface area contributed by atoms with Gasteiger partial charge in [-0.05, 0) is 47.5 Å². The number of carbonyl (C=O) groups is 3. The molecule has 1 aromatic heterocycles. The molecule has 0 bridgehead atoms. The Morgan fingerprint density at radius 2 is 2.00 bits per heavy atom. The van der Waals surface area contributed by atoms with Crippen molar-refractivity contribution < 1.29 is 19.1 Å². The largest absolute Gasteiger partial charge is 0.468 e. The van der Waals surface area contributed by atoms with Crippen LogP contribution in [0.15, 0.2) is 29.4 Å². The highest BCUT2D eigenvalue weighted by atomic mass is 32.2. The molecular weight excluding hydrogens is 372 g/mol. The van der Waals surface area contributed by atoms with Crippen molar-refractivity contribution in [3.05, 3.63) is 29.8 Å². The molecule has 142 valence electrons. The van der Waals surface area contributed by atoms with E-state index in [0.717, 1.165) is 12.8 Å². The fraction of sp³-hybridized carbons (Fsp3) is 0.375. The van der Waals surface area contributed by atoms with Crippen LogP contribution < -0.4 is 10.6 Å². The molecule has 1 saturated carbocycles. The molecule has 2 amide bonds. The predicted octanol–water partition coefficient (Wildman–Crippen LogP) is 0.642. The third kappa shape index (κ3) is 5.26. The molecule has 27 heavy (non-hydrogen) atoms. The number of thioether (sulfide) groups is 1. The molecular formula is C16H18N6O4S. The second-order valence-electron chi connectivity index (χ2n) is 5.81. The standard InChI is InChI=1S/C16H18N6O4S/c1-26-14(24)8-17-15(25)10-2-4-11(5-3-10)18-13(23)9-27-16-19-20-21-22(16)12-6-7-12/h2-5,12H,6-9H2,1H3,(H,17,25)(H,18,23). The van der Waals surface area contributed by atoms with E-state index in [1.165, 1.54) is 18.9 Å². The van der Waals surface area contributed by atoms with Gasteiger partial charge in [0.25, 0.3) is 5.91 Å². The van der Waals surface area contributed by atoms with Crippen LogP contribution in [-0.4, -0.2) is 57.4 Å². The third-order valence-electron chi connectivity index (χ3n) is 3.74. The Bertz CT molecular complexity index is 834. The number of amides is 2. The smallest absolute Gasteiger partial charge is 0.325 e. The van der Waals surface area contributed by atoms with E-state index >= 15 is 0 Å². The average Bonchev–Trinajstić information content (AvgIpc) is 3.42. The molecule has 2 aromatic rings. The highest BCUT2D eigenvalue weighted by Crippen LogP contribution is 2.36. The lowest BCUT2D eigenvalue weighted by Gasteiger charge is -2.07. The molecule has 1 fully saturated rings. The van der Waals surface area contributed by atoms with Crippen LogP contribution in [0.2, 0.25) is 0 Å². The normalized spacial score (nSPS) is 13.1. The first-order valence-electron chi connectivity index (χ1n) is 8.22. The summed E-state index contributed by atoms with van der Waals surface area (Å²) in [6, 6.07) is 6.70. The molecule has 0 atom stereocenters. The van der Waals surface area contributed by atoms with Crippen molar-refractivity contribution in [1.82, 2.24) is 25.5 Å². The minimum atomic E-state index is -0.530. The van der Waals surface area contributed by atoms with E-state index < -0.39 is 11.9 Å². The number of aromatic nitrogens is 4. The maximum Gasteiger partial charge on any atom is 0.325 e. The van der Waals surface area contributed by atoms with Gasteiger partial charge in [-0.3, -0.25) is 14.4 Å². The zero-order valence-electron chi connectivity index (χ0n) is 14.5. The van der Waals surface area contributed by atoms with Gasteiger partial charge >= 0.3 is 5.97 Å². The average molecular weight is 390 g/mol. The summed E-state index contributed by atoms with van der Waals surface area (Å²) < 4.78 is 6.21. The molecule has 10 nitrogen and oxygen atoms in total. The number of nitrogens with zero attached hydrogens (tertiary/aromatic N) is 4. The Morgan fingerprint density at radius 3 is 2.67 bits per heavy atom. The van der Waals surface area contributed by atoms with Crippen molar-refractivity contribution in [3.63, 3.8) is 0 Å². The van der Waals surface area contributed by atoms with Crippen LogP contribution >= 0.6 is 11.8 Å². The van der Waals surface area contributed by atoms with Crippen LogP contribution in [0.5, 0.6) is 0 Å². The van der Waals surface area contributed by atoms with E-state index in [-0.39, 0.29) is 18.2 Å². The zero-order valence-corrected chi connectivity index (χ0v) is 15.4. The first-order chi connectivity index (χ1) is 13.1. The fourth-order valence-electron chi connectivity index (χ4n) is 2.19. The van der Waals surface area contributed by atoms with E-state index in [4.69, 9.17) is 0 Å². The zero-order chi connectivity index (χ0) is 19.2. The van der Waals surface area contributed by atoms with Gasteiger partial charge in [0.2, 0.25) is 11.1 Å². The lowest BCUT2D eigenvalue weighted by molar-refractivity contribution is -0.139. The number of anilines is 1. The van der Waals surface area contributed by atoms with Gasteiger partial charge in [0.05, 0.1) is 18.9 Å². The molecule has 11 heteroatoms. The minimum Gasteiger partial charge on any atom is -0.468 e. The fourth-order valence-corrected chi connectivity index (χ4v) is 2.93. The molecule has 0 spiro atoms. The highest BCUT2D eigenvalue weighted by Gasteiger charge is 2.28. The van der Waals surface area contributed by atoms with E-state index in [9.17, 15) is 14.4 Å². The number of esters is 1. The lowest BCUT2D eigenvalue weighted by Crippen LogP contribution is -2.30. The summed E-state index contributed by atoms with van der Waals surface area (Å²) in [5, 5.41) is 17.3. The third-order valence-corrected chi connectivity index (χ3v) is 4.67. The molecule has 3 rings (SSSR count). The topological polar surface area (TPSA) is 128 Å². The lowest BCUT2D eigenvalue weighted by atomic mass is 10.2. The Morgan fingerprint density at radius 1 is 1.26 bits per heavy atom. The summed E-state index contributed by atoms with van der Waals surface area (Å²) in [4.78, 5) is 35.0. The van der Waals surface area contributed by atoms with E-state index in [0.29, 0.717) is 22.4 Å². The second-order valence-corrected chi connectivity index (χ2v) is 6.75. The molecule has 0 unspecified atom stereocenters. The molecule has 1 aliphatic rings. The number of hydrogen-bond acceptors (Lipinski definition) is 8. The Kier molecular flexibility index (Phi) is 6.01. The highest BCUT2D eigenvalue weighted by molar-refractivity contribution is 7.99. The van der Waals surface area contributed by atoms with Gasteiger partial charge in [-0.1, -0.05) is 11.8 Å². The molecule has 0 saturated heterocycles. The summed E-state index contributed by atoms with van der Waals surface area (Å²) in [6.07, 6.45) is 2.12. The van der Waals surface area contributed by atoms with Crippen LogP contribution in [0.25, 0.3) is 0 Å². The van der Waals surface area contributed by atoms with Crippen LogP contribution in [0.4, 0.5) is 5.69 Å². The number of nitrogens with one attached hydrogen (secondary N) is 2. The molecule has 1 heterocycles. The maximum atomic E-state index is 12.1. The Balaban J connectivity index is 1.47. The summed E-state index contributed by atoms with van der Waals surface area (Å²) in [7, 11) is 1.25. The van der Waals surface area contributed by atoms with Gasteiger partial charge in [-0.15, -0.1) is 5.10 Å². The van der Waals surface area contributed by atoms with Gasteiger partial charge in [-0.2, -0.15) is 0 Å². The second kappa shape index (κ2) is 8.62. The van der Waals surface area contributed by atoms with Crippen molar-refractivity contribution in [2.24, 2.45) is 0 Å². The van der Waals surface area contributed by atoms with Gasteiger partial charge in [-0.25, -0.2) is 4.68 Å². The number of tetrazole rings is 1. The molecule has 1 aromatic carbocycles. The van der Waals surface area contributed by atoms with Crippen LogP contribution in [-0.2, 0) is 14.3 Å². The summed E-state index contributed by atoms with van der Waals surface area (Å²) >= 11 is 1.28. The van der Waals surface area contributed by atoms with Crippen LogP contribution in [0.1, 0.15) is 29.2 Å². The van der Waals surface area contributed by atoms with E-state index in [2.05, 4.69) is 30.9 Å². The quantitative estimate of drug-likeness (QED) is 0.496. The summed E-state index contributed by atoms with van der Waals surface area (Å²) in [6.45, 7) is -0.203. The monoisotopic (exact) mass is 390 g/mol. The van der Waals surface area contributed by atoms with E-state index in [1.54, 1.807) is 28.9 Å². The molecule has 1 aliphatic carbocycles. The van der Waals surface area contributed by atoms with Crippen molar-refractivity contribution in [2.45, 2.75) is 24.0 Å². The number of carbonyl (C=O) groups excluding carboxylic acids is 3. The number of benzene rings is 1. The van der Waals surface area contributed by atoms with Crippen molar-refractivity contribution in [3.8, 4) is 0 Å². The number of hydrogen-bond donors (Lipinski definition) is 2. The Labute approximate surface area is 159 Å². The summed E-state index contributed by atoms with van der Waals surface area (Å²) in [5.74, 6) is -0.958. The maximum absolute atomic E-state index is 12.1. The summed E-state index contributed by atoms with van der Waals surface area (Å²) in [5.41, 5.74) is 0.932. The molecule has 0 radical (unpaired) electrons. The predicted molar refractivity (Wildman–Crippen MR) is 96.2 cm³/mol. The van der Waals surface area contributed by atoms with Gasteiger partial charge in [0.15, 0.2) is 0 Å². The van der Waals surface area contributed by atoms with Crippen LogP contribution in [0.3, 0.4) is 0 Å². The van der Waals surface area contributed by atoms with E-state index in [1.807, 2.05) is 0 Å². The SMILES string of the molecule is COC(=O)CNC(=O)c1ccc(NC(=O)CSc2nnnn2C2CC2)cc1. The molecule has 0 aliphatic heterocycles. The van der Waals surface area contributed by atoms with Crippen LogP contribution in [0, 0.1) is 0 Å². The van der Waals surface area contributed by atoms with Gasteiger partial charge in [0, 0.05) is 11.3 Å². The number of ether oxygens (including phenoxy) is 1. The molecule has 2 N–H and O–H groups in total. The van der Waals surface area contributed by atoms with Gasteiger partial charge in [0.1, 0.15) is 6.54 Å². The first-order valence-corrected chi connectivity index (χ1v) is 9.21. The van der Waals surface area contributed by atoms with Crippen molar-refractivity contribution in [2.75, 3.05) is 24.7 Å². The number of methoxy groups -OCH3 is 1. The van der Waals surface area contributed by atoms with Crippen molar-refractivity contribution in [1.29, 1.82) is 0 Å². The first kappa shape index (κ1) is 18.8. The van der Waals surface area contributed by atoms with Gasteiger partial charge < -0.3 is 15.4 Å².